The zero-order valence-electron chi connectivity index (χ0n) is 29.4. The zero-order chi connectivity index (χ0) is 35.7. The van der Waals surface area contributed by atoms with Crippen molar-refractivity contribution >= 4 is 57.5 Å². The molecule has 2 aromatic heterocycles. The quantitative estimate of drug-likeness (QED) is 0.196. The molecule has 2 aromatic carbocycles. The average Bonchev–Trinajstić information content (AvgIpc) is 3.57. The largest absolute Gasteiger partial charge is 0.465 e. The molecule has 0 bridgehead atoms. The van der Waals surface area contributed by atoms with Crippen LogP contribution in [-0.2, 0) is 14.2 Å². The van der Waals surface area contributed by atoms with Crippen molar-refractivity contribution in [3.63, 3.8) is 0 Å². The molecule has 0 saturated carbocycles. The molecule has 1 N–H and O–H groups in total. The minimum absolute atomic E-state index is 0.0964. The number of ether oxygens (including phenoxy) is 3. The highest BCUT2D eigenvalue weighted by Gasteiger charge is 2.51. The third-order valence-corrected chi connectivity index (χ3v) is 11.5. The van der Waals surface area contributed by atoms with Gasteiger partial charge < -0.3 is 29.3 Å². The Balaban J connectivity index is 1.06. The number of benzene rings is 2. The van der Waals surface area contributed by atoms with Crippen LogP contribution >= 0.6 is 11.3 Å². The van der Waals surface area contributed by atoms with Crippen LogP contribution in [0.4, 0.5) is 17.2 Å². The van der Waals surface area contributed by atoms with Crippen LogP contribution in [0.2, 0.25) is 0 Å². The van der Waals surface area contributed by atoms with Gasteiger partial charge in [0, 0.05) is 72.6 Å². The summed E-state index contributed by atoms with van der Waals surface area (Å²) in [6, 6.07) is 20.6. The molecule has 3 aliphatic rings. The maximum atomic E-state index is 14.1. The average molecular weight is 707 g/mol. The van der Waals surface area contributed by atoms with E-state index in [1.807, 2.05) is 48.2 Å². The van der Waals surface area contributed by atoms with Gasteiger partial charge in [0.15, 0.2) is 0 Å². The number of para-hydroxylation sites is 1. The van der Waals surface area contributed by atoms with Gasteiger partial charge in [0.25, 0.3) is 11.8 Å². The minimum atomic E-state index is -0.359. The first-order valence-electron chi connectivity index (χ1n) is 17.2. The summed E-state index contributed by atoms with van der Waals surface area (Å²) in [5.41, 5.74) is 6.58. The second kappa shape index (κ2) is 14.4. The number of aromatic nitrogens is 1. The molecule has 2 fully saturated rings. The van der Waals surface area contributed by atoms with Crippen LogP contribution in [-0.4, -0.2) is 76.4 Å². The molecule has 7 rings (SSSR count). The number of amides is 2. The third-order valence-electron chi connectivity index (χ3n) is 10.4. The number of carbonyl (C=O) groups excluding carboxylic acids is 3. The number of carbonyl (C=O) groups is 3. The van der Waals surface area contributed by atoms with Crippen molar-refractivity contribution in [2.75, 3.05) is 68.8 Å². The molecule has 0 aliphatic carbocycles. The number of methoxy groups -OCH3 is 2. The number of anilines is 3. The van der Waals surface area contributed by atoms with Crippen LogP contribution in [0, 0.1) is 18.3 Å². The molecular weight excluding hydrogens is 665 g/mol. The van der Waals surface area contributed by atoms with Crippen LogP contribution in [0.1, 0.15) is 66.2 Å². The molecule has 2 amide bonds. The van der Waals surface area contributed by atoms with Crippen LogP contribution in [0.15, 0.2) is 72.9 Å². The third kappa shape index (κ3) is 6.69. The van der Waals surface area contributed by atoms with Gasteiger partial charge in [-0.2, -0.15) is 0 Å². The lowest BCUT2D eigenvalue weighted by atomic mass is 9.66. The number of nitrogens with zero attached hydrogens (tertiary/aromatic N) is 3. The van der Waals surface area contributed by atoms with Gasteiger partial charge in [0.2, 0.25) is 0 Å². The fraction of sp³-hybridized carbons (Fsp3) is 0.350. The molecule has 10 nitrogen and oxygen atoms in total. The van der Waals surface area contributed by atoms with Crippen molar-refractivity contribution in [1.82, 2.24) is 4.98 Å². The van der Waals surface area contributed by atoms with Crippen LogP contribution in [0.3, 0.4) is 0 Å². The summed E-state index contributed by atoms with van der Waals surface area (Å²) in [7, 11) is 3.11. The van der Waals surface area contributed by atoms with Crippen LogP contribution in [0.25, 0.3) is 11.1 Å². The molecule has 0 radical (unpaired) electrons. The first-order chi connectivity index (χ1) is 24.7. The highest BCUT2D eigenvalue weighted by molar-refractivity contribution is 7.15. The topological polar surface area (TPSA) is 110 Å². The van der Waals surface area contributed by atoms with E-state index in [0.29, 0.717) is 59.6 Å². The summed E-state index contributed by atoms with van der Waals surface area (Å²) >= 11 is 1.40. The van der Waals surface area contributed by atoms with E-state index in [2.05, 4.69) is 17.1 Å². The number of esters is 1. The van der Waals surface area contributed by atoms with E-state index in [1.165, 1.54) is 18.4 Å². The van der Waals surface area contributed by atoms with E-state index in [-0.39, 0.29) is 23.2 Å². The Labute approximate surface area is 302 Å². The summed E-state index contributed by atoms with van der Waals surface area (Å²) < 4.78 is 16.2. The number of allylic oxidation sites excluding steroid dienone is 1. The van der Waals surface area contributed by atoms with Gasteiger partial charge in [-0.05, 0) is 91.9 Å². The second-order valence-corrected chi connectivity index (χ2v) is 14.7. The zero-order valence-corrected chi connectivity index (χ0v) is 30.2. The van der Waals surface area contributed by atoms with E-state index in [9.17, 15) is 14.4 Å². The van der Waals surface area contributed by atoms with Crippen molar-refractivity contribution in [2.45, 2.75) is 26.7 Å². The SMILES string of the molecule is COCC1COCCC12CN(c1ncc(C)cc1C(=O)Nc1ccc(C(=O)N3CCC(c4ccc(C(=O)OC)s4)=C(C)c4ccccc43)cc1)C2. The van der Waals surface area contributed by atoms with Crippen molar-refractivity contribution in [2.24, 2.45) is 11.3 Å². The highest BCUT2D eigenvalue weighted by Crippen LogP contribution is 2.46. The Morgan fingerprint density at radius 3 is 2.59 bits per heavy atom. The van der Waals surface area contributed by atoms with Crippen molar-refractivity contribution in [3.8, 4) is 0 Å². The Hall–Kier alpha value is -4.84. The van der Waals surface area contributed by atoms with Gasteiger partial charge in [-0.25, -0.2) is 9.78 Å². The van der Waals surface area contributed by atoms with Gasteiger partial charge in [-0.1, -0.05) is 18.2 Å². The minimum Gasteiger partial charge on any atom is -0.465 e. The van der Waals surface area contributed by atoms with Gasteiger partial charge >= 0.3 is 5.97 Å². The maximum absolute atomic E-state index is 14.1. The normalized spacial score (nSPS) is 18.2. The summed E-state index contributed by atoms with van der Waals surface area (Å²) in [6.45, 7) is 8.13. The van der Waals surface area contributed by atoms with Gasteiger partial charge in [0.1, 0.15) is 10.7 Å². The second-order valence-electron chi connectivity index (χ2n) is 13.6. The van der Waals surface area contributed by atoms with Crippen molar-refractivity contribution in [3.05, 3.63) is 105 Å². The Kier molecular flexibility index (Phi) is 9.78. The van der Waals surface area contributed by atoms with E-state index in [0.717, 1.165) is 59.0 Å². The number of hydrogen-bond donors (Lipinski definition) is 1. The summed E-state index contributed by atoms with van der Waals surface area (Å²) in [6.07, 6.45) is 3.38. The van der Waals surface area contributed by atoms with Crippen LogP contribution < -0.4 is 15.1 Å². The summed E-state index contributed by atoms with van der Waals surface area (Å²) in [5.74, 6) is 0.241. The van der Waals surface area contributed by atoms with Gasteiger partial charge in [-0.3, -0.25) is 9.59 Å². The molecular formula is C40H42N4O6S. The summed E-state index contributed by atoms with van der Waals surface area (Å²) in [5, 5.41) is 3.04. The number of hydrogen-bond acceptors (Lipinski definition) is 9. The summed E-state index contributed by atoms with van der Waals surface area (Å²) in [4.78, 5) is 50.2. The van der Waals surface area contributed by atoms with Crippen molar-refractivity contribution in [1.29, 1.82) is 0 Å². The van der Waals surface area contributed by atoms with E-state index in [4.69, 9.17) is 19.2 Å². The predicted octanol–water partition coefficient (Wildman–Crippen LogP) is 6.96. The molecule has 3 aliphatic heterocycles. The maximum Gasteiger partial charge on any atom is 0.348 e. The molecule has 2 saturated heterocycles. The van der Waals surface area contributed by atoms with Gasteiger partial charge in [-0.15, -0.1) is 11.3 Å². The number of pyridine rings is 1. The first kappa shape index (κ1) is 34.6. The number of aryl methyl sites for hydroxylation is 1. The van der Waals surface area contributed by atoms with E-state index >= 15 is 0 Å². The molecule has 1 unspecified atom stereocenters. The molecule has 264 valence electrons. The predicted molar refractivity (Wildman–Crippen MR) is 200 cm³/mol. The number of rotatable bonds is 8. The molecule has 5 heterocycles. The Morgan fingerprint density at radius 2 is 1.82 bits per heavy atom. The fourth-order valence-corrected chi connectivity index (χ4v) is 8.62. The number of fused-ring (bicyclic) bond motifs is 1. The van der Waals surface area contributed by atoms with E-state index < -0.39 is 0 Å². The lowest BCUT2D eigenvalue weighted by Gasteiger charge is -2.56. The molecule has 51 heavy (non-hydrogen) atoms. The lowest BCUT2D eigenvalue weighted by Crippen LogP contribution is -2.64. The molecule has 1 atom stereocenters. The fourth-order valence-electron chi connectivity index (χ4n) is 7.57. The Morgan fingerprint density at radius 1 is 1.04 bits per heavy atom. The van der Waals surface area contributed by atoms with Crippen LogP contribution in [0.5, 0.6) is 0 Å². The van der Waals surface area contributed by atoms with Gasteiger partial charge in [0.05, 0.1) is 31.6 Å². The highest BCUT2D eigenvalue weighted by atomic mass is 32.1. The first-order valence-corrected chi connectivity index (χ1v) is 18.0. The molecule has 4 aromatic rings. The molecule has 11 heteroatoms. The van der Waals surface area contributed by atoms with E-state index in [1.54, 1.807) is 43.6 Å². The monoisotopic (exact) mass is 706 g/mol. The number of thiophene rings is 1. The Bertz CT molecular complexity index is 2000. The lowest BCUT2D eigenvalue weighted by molar-refractivity contribution is -0.0820. The molecule has 1 spiro atoms. The standard InChI is InChI=1S/C40H42N4O6S/c1-25-19-32(36(41-20-25)43-23-40(24-43)16-18-50-22-28(40)21-48-3)37(45)42-29-11-9-27(10-12-29)38(46)44-17-15-31(26(2)30-7-5-6-8-33(30)44)34-13-14-35(51-34)39(47)49-4/h5-14,19-20,28H,15-18,21-24H2,1-4H3,(H,42,45). The number of nitrogens with one attached hydrogen (secondary N) is 1. The smallest absolute Gasteiger partial charge is 0.348 e. The van der Waals surface area contributed by atoms with Crippen molar-refractivity contribution < 1.29 is 28.6 Å².